The Kier molecular flexibility index (Phi) is 4.91. The lowest BCUT2D eigenvalue weighted by Gasteiger charge is -2.02. The average molecular weight is 251 g/mol. The van der Waals surface area contributed by atoms with E-state index in [2.05, 4.69) is 4.98 Å². The van der Waals surface area contributed by atoms with Crippen LogP contribution in [0.25, 0.3) is 0 Å². The molecule has 0 bridgehead atoms. The van der Waals surface area contributed by atoms with Crippen molar-refractivity contribution in [2.45, 2.75) is 32.2 Å². The van der Waals surface area contributed by atoms with E-state index in [1.807, 2.05) is 0 Å². The molecule has 0 saturated carbocycles. The first kappa shape index (κ1) is 12.3. The highest BCUT2D eigenvalue weighted by Crippen LogP contribution is 2.20. The van der Waals surface area contributed by atoms with Gasteiger partial charge in [0.1, 0.15) is 5.15 Å². The third kappa shape index (κ3) is 4.10. The molecule has 15 heavy (non-hydrogen) atoms. The molecule has 84 valence electrons. The van der Waals surface area contributed by atoms with Gasteiger partial charge in [-0.15, -0.1) is 0 Å². The van der Waals surface area contributed by atoms with Crippen molar-refractivity contribution in [3.05, 3.63) is 16.6 Å². The first-order valence-corrected chi connectivity index (χ1v) is 5.45. The van der Waals surface area contributed by atoms with Gasteiger partial charge in [-0.3, -0.25) is 4.79 Å². The van der Waals surface area contributed by atoms with Crippen LogP contribution in [-0.4, -0.2) is 20.6 Å². The predicted molar refractivity (Wildman–Crippen MR) is 58.4 cm³/mol. The average Bonchev–Trinajstić information content (AvgIpc) is 2.48. The first-order chi connectivity index (χ1) is 7.11. The van der Waals surface area contributed by atoms with Gasteiger partial charge < -0.3 is 9.67 Å². The highest BCUT2D eigenvalue weighted by molar-refractivity contribution is 6.40. The molecule has 1 rings (SSSR count). The van der Waals surface area contributed by atoms with Gasteiger partial charge in [0, 0.05) is 13.0 Å². The molecule has 6 heteroatoms. The lowest BCUT2D eigenvalue weighted by molar-refractivity contribution is -0.137. The van der Waals surface area contributed by atoms with Crippen molar-refractivity contribution in [1.29, 1.82) is 0 Å². The summed E-state index contributed by atoms with van der Waals surface area (Å²) in [5.41, 5.74) is 0. The summed E-state index contributed by atoms with van der Waals surface area (Å²) in [6, 6.07) is 0. The zero-order valence-corrected chi connectivity index (χ0v) is 9.63. The fraction of sp³-hybridized carbons (Fsp3) is 0.556. The Bertz CT molecular complexity index is 339. The molecule has 0 aromatic carbocycles. The van der Waals surface area contributed by atoms with Gasteiger partial charge in [0.05, 0.1) is 6.33 Å². The summed E-state index contributed by atoms with van der Waals surface area (Å²) in [6.45, 7) is 0.720. The second-order valence-corrected chi connectivity index (χ2v) is 3.94. The van der Waals surface area contributed by atoms with Crippen molar-refractivity contribution in [2.75, 3.05) is 0 Å². The molecule has 0 aliphatic rings. The minimum atomic E-state index is -0.751. The van der Waals surface area contributed by atoms with E-state index in [-0.39, 0.29) is 6.42 Å². The highest BCUT2D eigenvalue weighted by Gasteiger charge is 2.05. The fourth-order valence-electron chi connectivity index (χ4n) is 1.23. The van der Waals surface area contributed by atoms with Crippen LogP contribution in [0, 0.1) is 0 Å². The van der Waals surface area contributed by atoms with Crippen LogP contribution in [0.2, 0.25) is 10.3 Å². The van der Waals surface area contributed by atoms with Crippen molar-refractivity contribution in [3.8, 4) is 0 Å². The Hall–Kier alpha value is -0.740. The van der Waals surface area contributed by atoms with E-state index in [0.29, 0.717) is 16.7 Å². The van der Waals surface area contributed by atoms with Gasteiger partial charge in [-0.2, -0.15) is 0 Å². The molecule has 0 saturated heterocycles. The third-order valence-electron chi connectivity index (χ3n) is 2.02. The van der Waals surface area contributed by atoms with Gasteiger partial charge in [0.15, 0.2) is 5.15 Å². The van der Waals surface area contributed by atoms with Crippen LogP contribution in [0.3, 0.4) is 0 Å². The van der Waals surface area contributed by atoms with Crippen molar-refractivity contribution < 1.29 is 9.90 Å². The fourth-order valence-corrected chi connectivity index (χ4v) is 1.56. The zero-order chi connectivity index (χ0) is 11.3. The van der Waals surface area contributed by atoms with E-state index >= 15 is 0 Å². The van der Waals surface area contributed by atoms with Crippen molar-refractivity contribution in [1.82, 2.24) is 9.55 Å². The van der Waals surface area contributed by atoms with Gasteiger partial charge in [-0.1, -0.05) is 29.6 Å². The highest BCUT2D eigenvalue weighted by atomic mass is 35.5. The number of imidazole rings is 1. The van der Waals surface area contributed by atoms with Crippen LogP contribution >= 0.6 is 23.2 Å². The van der Waals surface area contributed by atoms with Gasteiger partial charge in [0.25, 0.3) is 0 Å². The number of carboxylic acids is 1. The number of aliphatic carboxylic acids is 1. The summed E-state index contributed by atoms with van der Waals surface area (Å²) in [5, 5.41) is 9.17. The maximum atomic E-state index is 10.2. The zero-order valence-electron chi connectivity index (χ0n) is 8.12. The molecule has 0 fully saturated rings. The van der Waals surface area contributed by atoms with Gasteiger partial charge in [-0.25, -0.2) is 4.98 Å². The van der Waals surface area contributed by atoms with E-state index in [0.717, 1.165) is 19.4 Å². The van der Waals surface area contributed by atoms with Crippen molar-refractivity contribution in [2.24, 2.45) is 0 Å². The largest absolute Gasteiger partial charge is 0.481 e. The van der Waals surface area contributed by atoms with E-state index in [1.165, 1.54) is 0 Å². The van der Waals surface area contributed by atoms with Gasteiger partial charge >= 0.3 is 5.97 Å². The Morgan fingerprint density at radius 1 is 1.40 bits per heavy atom. The number of carbonyl (C=O) groups is 1. The Morgan fingerprint density at radius 2 is 2.13 bits per heavy atom. The van der Waals surface area contributed by atoms with Crippen LogP contribution in [0.5, 0.6) is 0 Å². The topological polar surface area (TPSA) is 55.1 Å². The molecule has 1 aromatic heterocycles. The number of halogens is 2. The number of unbranched alkanes of at least 4 members (excludes halogenated alkanes) is 2. The Balaban J connectivity index is 2.20. The van der Waals surface area contributed by atoms with Crippen LogP contribution in [0.15, 0.2) is 6.33 Å². The van der Waals surface area contributed by atoms with Gasteiger partial charge in [-0.05, 0) is 12.8 Å². The number of aryl methyl sites for hydroxylation is 1. The predicted octanol–water partition coefficient (Wildman–Crippen LogP) is 2.83. The van der Waals surface area contributed by atoms with Gasteiger partial charge in [0.2, 0.25) is 0 Å². The molecule has 0 radical (unpaired) electrons. The molecule has 0 amide bonds. The minimum absolute atomic E-state index is 0.221. The molecule has 0 aliphatic heterocycles. The third-order valence-corrected chi connectivity index (χ3v) is 2.79. The second-order valence-electron chi connectivity index (χ2n) is 3.22. The van der Waals surface area contributed by atoms with Crippen molar-refractivity contribution >= 4 is 29.2 Å². The standard InChI is InChI=1S/C9H12Cl2N2O2/c10-8-9(11)13(6-12-8)5-3-1-2-4-7(14)15/h6H,1-5H2,(H,14,15). The molecule has 0 atom stereocenters. The molecular formula is C9H12Cl2N2O2. The van der Waals surface area contributed by atoms with Crippen LogP contribution in [0.4, 0.5) is 0 Å². The lowest BCUT2D eigenvalue weighted by atomic mass is 10.2. The Labute approximate surface area is 97.8 Å². The molecule has 0 aliphatic carbocycles. The van der Waals surface area contributed by atoms with E-state index in [9.17, 15) is 4.79 Å². The maximum Gasteiger partial charge on any atom is 0.303 e. The van der Waals surface area contributed by atoms with Crippen molar-refractivity contribution in [3.63, 3.8) is 0 Å². The Morgan fingerprint density at radius 3 is 2.67 bits per heavy atom. The normalized spacial score (nSPS) is 10.5. The van der Waals surface area contributed by atoms with Crippen LogP contribution < -0.4 is 0 Å². The molecule has 1 aromatic rings. The molecule has 1 N–H and O–H groups in total. The monoisotopic (exact) mass is 250 g/mol. The number of hydrogen-bond acceptors (Lipinski definition) is 2. The number of carboxylic acid groups (broad SMARTS) is 1. The minimum Gasteiger partial charge on any atom is -0.481 e. The number of rotatable bonds is 6. The first-order valence-electron chi connectivity index (χ1n) is 4.69. The second kappa shape index (κ2) is 5.98. The number of aromatic nitrogens is 2. The summed E-state index contributed by atoms with van der Waals surface area (Å²) in [5.74, 6) is -0.751. The molecule has 4 nitrogen and oxygen atoms in total. The van der Waals surface area contributed by atoms with Crippen LogP contribution in [-0.2, 0) is 11.3 Å². The SMILES string of the molecule is O=C(O)CCCCCn1cnc(Cl)c1Cl. The molecule has 1 heterocycles. The summed E-state index contributed by atoms with van der Waals surface area (Å²) in [4.78, 5) is 14.1. The molecule has 0 spiro atoms. The molecule has 0 unspecified atom stereocenters. The van der Waals surface area contributed by atoms with E-state index in [4.69, 9.17) is 28.3 Å². The molecular weight excluding hydrogens is 239 g/mol. The number of nitrogens with zero attached hydrogens (tertiary/aromatic N) is 2. The summed E-state index contributed by atoms with van der Waals surface area (Å²) in [7, 11) is 0. The van der Waals surface area contributed by atoms with Crippen LogP contribution in [0.1, 0.15) is 25.7 Å². The van der Waals surface area contributed by atoms with E-state index < -0.39 is 5.97 Å². The number of hydrogen-bond donors (Lipinski definition) is 1. The smallest absolute Gasteiger partial charge is 0.303 e. The summed E-state index contributed by atoms with van der Waals surface area (Å²) in [6.07, 6.45) is 4.23. The van der Waals surface area contributed by atoms with E-state index in [1.54, 1.807) is 10.9 Å². The maximum absolute atomic E-state index is 10.2. The summed E-state index contributed by atoms with van der Waals surface area (Å²) < 4.78 is 1.75. The summed E-state index contributed by atoms with van der Waals surface area (Å²) >= 11 is 11.5. The lowest BCUT2D eigenvalue weighted by Crippen LogP contribution is -1.98. The quantitative estimate of drug-likeness (QED) is 0.791.